The standard InChI is InChI=1S/C25H22N2O2S/c1-17-7-6-8-21(15-17)28-24(26-20-12-11-18(2)19(3)16-20)13-14-30-25-27-22-9-4-5-10-23(22)29-25/h4-16H,1-3H3. The maximum Gasteiger partial charge on any atom is 0.261 e. The molecule has 1 aromatic heterocycles. The number of aromatic nitrogens is 1. The first-order chi connectivity index (χ1) is 14.6. The molecule has 4 rings (SSSR count). The van der Waals surface area contributed by atoms with Gasteiger partial charge in [-0.25, -0.2) is 9.98 Å². The zero-order chi connectivity index (χ0) is 20.9. The lowest BCUT2D eigenvalue weighted by molar-refractivity contribution is 0.490. The van der Waals surface area contributed by atoms with Crippen LogP contribution in [0.25, 0.3) is 11.1 Å². The Bertz CT molecular complexity index is 1210. The van der Waals surface area contributed by atoms with Crippen LogP contribution in [-0.2, 0) is 0 Å². The minimum Gasteiger partial charge on any atom is -0.439 e. The summed E-state index contributed by atoms with van der Waals surface area (Å²) in [5, 5.41) is 2.45. The van der Waals surface area contributed by atoms with Gasteiger partial charge in [-0.1, -0.05) is 30.3 Å². The van der Waals surface area contributed by atoms with Gasteiger partial charge in [0, 0.05) is 6.08 Å². The van der Waals surface area contributed by atoms with Crippen molar-refractivity contribution in [2.45, 2.75) is 26.0 Å². The Morgan fingerprint density at radius 1 is 0.967 bits per heavy atom. The molecule has 0 atom stereocenters. The van der Waals surface area contributed by atoms with Gasteiger partial charge in [0.25, 0.3) is 5.22 Å². The number of benzene rings is 3. The van der Waals surface area contributed by atoms with Crippen molar-refractivity contribution in [1.29, 1.82) is 0 Å². The summed E-state index contributed by atoms with van der Waals surface area (Å²) in [4.78, 5) is 9.18. The molecule has 0 spiro atoms. The molecule has 0 fully saturated rings. The number of fused-ring (bicyclic) bond motifs is 1. The summed E-state index contributed by atoms with van der Waals surface area (Å²) in [7, 11) is 0. The van der Waals surface area contributed by atoms with E-state index in [9.17, 15) is 0 Å². The minimum absolute atomic E-state index is 0.493. The molecule has 0 amide bonds. The van der Waals surface area contributed by atoms with E-state index in [0.29, 0.717) is 11.1 Å². The van der Waals surface area contributed by atoms with Crippen LogP contribution in [0.5, 0.6) is 5.75 Å². The Morgan fingerprint density at radius 2 is 1.83 bits per heavy atom. The number of oxazole rings is 1. The van der Waals surface area contributed by atoms with E-state index in [1.807, 2.05) is 73.0 Å². The van der Waals surface area contributed by atoms with Crippen LogP contribution < -0.4 is 4.74 Å². The topological polar surface area (TPSA) is 47.6 Å². The van der Waals surface area contributed by atoms with E-state index < -0.39 is 0 Å². The number of aryl methyl sites for hydroxylation is 3. The molecule has 4 nitrogen and oxygen atoms in total. The van der Waals surface area contributed by atoms with E-state index in [4.69, 9.17) is 14.1 Å². The van der Waals surface area contributed by atoms with Crippen molar-refractivity contribution in [1.82, 2.24) is 4.98 Å². The van der Waals surface area contributed by atoms with E-state index in [0.717, 1.165) is 28.1 Å². The predicted molar refractivity (Wildman–Crippen MR) is 124 cm³/mol. The Kier molecular flexibility index (Phi) is 6.00. The molecule has 0 unspecified atom stereocenters. The summed E-state index contributed by atoms with van der Waals surface area (Å²) in [5.41, 5.74) is 6.01. The highest BCUT2D eigenvalue weighted by Gasteiger charge is 2.05. The minimum atomic E-state index is 0.493. The van der Waals surface area contributed by atoms with Gasteiger partial charge in [-0.15, -0.1) is 0 Å². The highest BCUT2D eigenvalue weighted by molar-refractivity contribution is 8.01. The molecule has 0 aliphatic heterocycles. The van der Waals surface area contributed by atoms with Crippen LogP contribution in [0, 0.1) is 20.8 Å². The van der Waals surface area contributed by atoms with Crippen molar-refractivity contribution >= 4 is 34.4 Å². The third kappa shape index (κ3) is 4.99. The van der Waals surface area contributed by atoms with E-state index in [1.54, 1.807) is 0 Å². The van der Waals surface area contributed by atoms with Gasteiger partial charge in [0.05, 0.1) is 5.69 Å². The van der Waals surface area contributed by atoms with Gasteiger partial charge >= 0.3 is 0 Å². The summed E-state index contributed by atoms with van der Waals surface area (Å²) >= 11 is 1.39. The molecule has 0 bridgehead atoms. The Balaban J connectivity index is 1.59. The predicted octanol–water partition coefficient (Wildman–Crippen LogP) is 7.17. The number of hydrogen-bond donors (Lipinski definition) is 0. The maximum absolute atomic E-state index is 6.07. The highest BCUT2D eigenvalue weighted by atomic mass is 32.2. The number of thioether (sulfide) groups is 1. The van der Waals surface area contributed by atoms with Gasteiger partial charge < -0.3 is 9.15 Å². The van der Waals surface area contributed by atoms with Gasteiger partial charge in [-0.3, -0.25) is 0 Å². The average Bonchev–Trinajstić information content (AvgIpc) is 3.13. The summed E-state index contributed by atoms with van der Waals surface area (Å²) in [6.07, 6.45) is 1.83. The second-order valence-electron chi connectivity index (χ2n) is 7.01. The summed E-state index contributed by atoms with van der Waals surface area (Å²) in [6.45, 7) is 6.20. The first kappa shape index (κ1) is 20.0. The largest absolute Gasteiger partial charge is 0.439 e. The lowest BCUT2D eigenvalue weighted by Gasteiger charge is -2.07. The summed E-state index contributed by atoms with van der Waals surface area (Å²) < 4.78 is 11.8. The van der Waals surface area contributed by atoms with Gasteiger partial charge in [-0.05, 0) is 91.0 Å². The third-order valence-corrected chi connectivity index (χ3v) is 5.24. The lowest BCUT2D eigenvalue weighted by atomic mass is 10.1. The number of ether oxygens (including phenoxy) is 1. The number of rotatable bonds is 5. The molecule has 3 aromatic carbocycles. The van der Waals surface area contributed by atoms with Crippen LogP contribution in [0.3, 0.4) is 0 Å². The molecule has 150 valence electrons. The first-order valence-corrected chi connectivity index (χ1v) is 10.5. The fraction of sp³-hybridized carbons (Fsp3) is 0.120. The van der Waals surface area contributed by atoms with Crippen LogP contribution in [0.2, 0.25) is 0 Å². The van der Waals surface area contributed by atoms with E-state index in [-0.39, 0.29) is 0 Å². The quantitative estimate of drug-likeness (QED) is 0.197. The van der Waals surface area contributed by atoms with Crippen molar-refractivity contribution in [3.63, 3.8) is 0 Å². The second-order valence-corrected chi connectivity index (χ2v) is 7.86. The van der Waals surface area contributed by atoms with Gasteiger partial charge in [-0.2, -0.15) is 0 Å². The Hall–Kier alpha value is -3.31. The van der Waals surface area contributed by atoms with Crippen molar-refractivity contribution in [2.75, 3.05) is 0 Å². The zero-order valence-corrected chi connectivity index (χ0v) is 17.9. The Labute approximate surface area is 180 Å². The molecule has 0 radical (unpaired) electrons. The van der Waals surface area contributed by atoms with Crippen LogP contribution in [0.15, 0.2) is 92.8 Å². The first-order valence-electron chi connectivity index (χ1n) is 9.66. The van der Waals surface area contributed by atoms with Crippen molar-refractivity contribution in [3.8, 4) is 5.75 Å². The van der Waals surface area contributed by atoms with Gasteiger partial charge in [0.1, 0.15) is 11.3 Å². The molecule has 30 heavy (non-hydrogen) atoms. The van der Waals surface area contributed by atoms with Gasteiger partial charge in [0.2, 0.25) is 5.90 Å². The third-order valence-electron chi connectivity index (χ3n) is 4.60. The molecular formula is C25H22N2O2S. The van der Waals surface area contributed by atoms with Crippen LogP contribution in [0.4, 0.5) is 5.69 Å². The fourth-order valence-corrected chi connectivity index (χ4v) is 3.46. The number of nitrogens with zero attached hydrogens (tertiary/aromatic N) is 2. The second kappa shape index (κ2) is 9.01. The van der Waals surface area contributed by atoms with Crippen molar-refractivity contribution < 1.29 is 9.15 Å². The molecule has 0 saturated heterocycles. The SMILES string of the molecule is Cc1cccc(OC(C=CSc2nc3ccccc3o2)=Nc2ccc(C)c(C)c2)c1. The zero-order valence-electron chi connectivity index (χ0n) is 17.1. The molecular weight excluding hydrogens is 392 g/mol. The lowest BCUT2D eigenvalue weighted by Crippen LogP contribution is -2.04. The van der Waals surface area contributed by atoms with E-state index in [1.165, 1.54) is 22.9 Å². The average molecular weight is 415 g/mol. The van der Waals surface area contributed by atoms with E-state index >= 15 is 0 Å². The summed E-state index contributed by atoms with van der Waals surface area (Å²) in [5.74, 6) is 1.24. The smallest absolute Gasteiger partial charge is 0.261 e. The summed E-state index contributed by atoms with van der Waals surface area (Å²) in [6, 6.07) is 21.7. The van der Waals surface area contributed by atoms with Crippen molar-refractivity contribution in [2.24, 2.45) is 4.99 Å². The fourth-order valence-electron chi connectivity index (χ4n) is 2.87. The molecule has 5 heteroatoms. The molecule has 1 heterocycles. The number of aliphatic imine (C=N–C) groups is 1. The number of para-hydroxylation sites is 2. The maximum atomic E-state index is 6.07. The van der Waals surface area contributed by atoms with Crippen LogP contribution in [-0.4, -0.2) is 10.9 Å². The van der Waals surface area contributed by atoms with Crippen molar-refractivity contribution in [3.05, 3.63) is 94.9 Å². The van der Waals surface area contributed by atoms with Crippen LogP contribution in [0.1, 0.15) is 16.7 Å². The highest BCUT2D eigenvalue weighted by Crippen LogP contribution is 2.25. The molecule has 0 N–H and O–H groups in total. The molecule has 0 aliphatic rings. The molecule has 0 aliphatic carbocycles. The number of hydrogen-bond acceptors (Lipinski definition) is 5. The van der Waals surface area contributed by atoms with Gasteiger partial charge in [0.15, 0.2) is 5.58 Å². The Morgan fingerprint density at radius 3 is 2.63 bits per heavy atom. The van der Waals surface area contributed by atoms with Crippen LogP contribution >= 0.6 is 11.8 Å². The molecule has 4 aromatic rings. The monoisotopic (exact) mass is 414 g/mol. The normalized spacial score (nSPS) is 12.0. The van der Waals surface area contributed by atoms with E-state index in [2.05, 4.69) is 31.0 Å². The molecule has 0 saturated carbocycles.